The number of benzene rings is 1. The quantitative estimate of drug-likeness (QED) is 0.661. The Morgan fingerprint density at radius 3 is 2.50 bits per heavy atom. The van der Waals surface area contributed by atoms with Crippen molar-refractivity contribution in [3.8, 4) is 5.75 Å². The summed E-state index contributed by atoms with van der Waals surface area (Å²) in [6.07, 6.45) is 1.87. The second-order valence-electron chi connectivity index (χ2n) is 9.27. The molecule has 2 heterocycles. The van der Waals surface area contributed by atoms with Gasteiger partial charge in [0, 0.05) is 13.0 Å². The number of amides is 3. The number of carbonyl (C=O) groups excluding carboxylic acids is 3. The fraction of sp³-hybridized carbons (Fsp3) is 0.625. The van der Waals surface area contributed by atoms with Gasteiger partial charge in [0.2, 0.25) is 11.8 Å². The number of hydrogen-bond acceptors (Lipinski definition) is 5. The number of ether oxygens (including phenoxy) is 2. The van der Waals surface area contributed by atoms with Crippen molar-refractivity contribution in [1.82, 2.24) is 16.0 Å². The number of alkyl carbamates (subject to hydrolysis) is 1. The zero-order valence-corrected chi connectivity index (χ0v) is 19.8. The molecule has 1 aromatic rings. The fourth-order valence-corrected chi connectivity index (χ4v) is 3.31. The molecule has 1 aromatic carbocycles. The molecule has 3 atom stereocenters. The summed E-state index contributed by atoms with van der Waals surface area (Å²) in [5.74, 6) is 0.0224. The highest BCUT2D eigenvalue weighted by atomic mass is 16.6. The van der Waals surface area contributed by atoms with Crippen molar-refractivity contribution in [3.05, 3.63) is 29.8 Å². The minimum absolute atomic E-state index is 0.0670. The number of nitrogens with one attached hydrogen (secondary N) is 3. The summed E-state index contributed by atoms with van der Waals surface area (Å²) in [4.78, 5) is 38.4. The summed E-state index contributed by atoms with van der Waals surface area (Å²) in [6, 6.07) is 5.86. The molecule has 0 radical (unpaired) electrons. The van der Waals surface area contributed by atoms with Crippen molar-refractivity contribution in [1.29, 1.82) is 0 Å². The standard InChI is InChI=1S/C24H37N3O5/c1-6-16(2)20-22(29)25-13-7-8-14-31-18-11-9-17(10-12-18)15-19(21(28)27-20)26-23(30)32-24(3,4)5/h9-12,16,19-20H,6-8,13-15H2,1-5H3,(H,25,29)(H,26,30)(H,27,28). The van der Waals surface area contributed by atoms with E-state index in [4.69, 9.17) is 9.47 Å². The van der Waals surface area contributed by atoms with Crippen molar-refractivity contribution in [3.63, 3.8) is 0 Å². The molecule has 2 bridgehead atoms. The van der Waals surface area contributed by atoms with Crippen molar-refractivity contribution in [2.24, 2.45) is 5.92 Å². The summed E-state index contributed by atoms with van der Waals surface area (Å²) >= 11 is 0. The number of rotatable bonds is 3. The summed E-state index contributed by atoms with van der Waals surface area (Å²) in [5.41, 5.74) is 0.155. The van der Waals surface area contributed by atoms with Crippen molar-refractivity contribution in [2.45, 2.75) is 78.0 Å². The Bertz CT molecular complexity index is 773. The molecule has 8 nitrogen and oxygen atoms in total. The maximum atomic E-state index is 13.2. The molecule has 2 aliphatic rings. The monoisotopic (exact) mass is 447 g/mol. The minimum atomic E-state index is -0.899. The topological polar surface area (TPSA) is 106 Å². The van der Waals surface area contributed by atoms with E-state index in [0.717, 1.165) is 30.6 Å². The Kier molecular flexibility index (Phi) is 9.35. The number of fused-ring (bicyclic) bond motifs is 13. The van der Waals surface area contributed by atoms with E-state index in [1.54, 1.807) is 20.8 Å². The van der Waals surface area contributed by atoms with Crippen LogP contribution in [0.25, 0.3) is 0 Å². The van der Waals surface area contributed by atoms with Crippen molar-refractivity contribution < 1.29 is 23.9 Å². The lowest BCUT2D eigenvalue weighted by atomic mass is 9.97. The molecule has 3 rings (SSSR count). The van der Waals surface area contributed by atoms with Crippen LogP contribution in [0, 0.1) is 5.92 Å². The van der Waals surface area contributed by atoms with Crippen molar-refractivity contribution in [2.75, 3.05) is 13.2 Å². The molecule has 3 unspecified atom stereocenters. The molecule has 0 spiro atoms. The first kappa shape index (κ1) is 25.5. The first-order chi connectivity index (χ1) is 15.1. The number of hydrogen-bond donors (Lipinski definition) is 3. The molecule has 3 N–H and O–H groups in total. The van der Waals surface area contributed by atoms with Gasteiger partial charge >= 0.3 is 6.09 Å². The minimum Gasteiger partial charge on any atom is -0.494 e. The van der Waals surface area contributed by atoms with Gasteiger partial charge in [-0.25, -0.2) is 4.79 Å². The molecule has 0 aromatic heterocycles. The maximum Gasteiger partial charge on any atom is 0.408 e. The lowest BCUT2D eigenvalue weighted by Gasteiger charge is -2.27. The maximum absolute atomic E-state index is 13.2. The van der Waals surface area contributed by atoms with E-state index in [-0.39, 0.29) is 18.2 Å². The first-order valence-corrected chi connectivity index (χ1v) is 11.4. The van der Waals surface area contributed by atoms with Gasteiger partial charge in [-0.3, -0.25) is 9.59 Å². The summed E-state index contributed by atoms with van der Waals surface area (Å²) in [5, 5.41) is 8.44. The molecule has 3 amide bonds. The smallest absolute Gasteiger partial charge is 0.408 e. The molecular weight excluding hydrogens is 410 g/mol. The zero-order valence-electron chi connectivity index (χ0n) is 19.8. The van der Waals surface area contributed by atoms with Crippen LogP contribution in [-0.4, -0.2) is 48.7 Å². The van der Waals surface area contributed by atoms with Crippen LogP contribution in [0.4, 0.5) is 4.79 Å². The summed E-state index contributed by atoms with van der Waals surface area (Å²) in [7, 11) is 0. The van der Waals surface area contributed by atoms with E-state index in [1.807, 2.05) is 38.1 Å². The van der Waals surface area contributed by atoms with Gasteiger partial charge in [-0.15, -0.1) is 0 Å². The lowest BCUT2D eigenvalue weighted by Crippen LogP contribution is -2.56. The normalized spacial score (nSPS) is 21.7. The highest BCUT2D eigenvalue weighted by Gasteiger charge is 2.31. The largest absolute Gasteiger partial charge is 0.494 e. The Morgan fingerprint density at radius 1 is 1.19 bits per heavy atom. The summed E-state index contributed by atoms with van der Waals surface area (Å²) < 4.78 is 11.1. The number of carbonyl (C=O) groups is 3. The SMILES string of the molecule is CCC(C)C1NC(=O)C(NC(=O)OC(C)(C)C)Cc2ccc(cc2)OCCCCNC1=O. The molecule has 2 aliphatic heterocycles. The predicted octanol–water partition coefficient (Wildman–Crippen LogP) is 2.94. The van der Waals surface area contributed by atoms with Crippen LogP contribution in [0.15, 0.2) is 24.3 Å². The van der Waals surface area contributed by atoms with Gasteiger partial charge in [0.1, 0.15) is 23.4 Å². The highest BCUT2D eigenvalue weighted by Crippen LogP contribution is 2.16. The second kappa shape index (κ2) is 11.7. The Labute approximate surface area is 190 Å². The fourth-order valence-electron chi connectivity index (χ4n) is 3.31. The van der Waals surface area contributed by atoms with Gasteiger partial charge in [-0.1, -0.05) is 32.4 Å². The van der Waals surface area contributed by atoms with E-state index >= 15 is 0 Å². The Balaban J connectivity index is 2.29. The van der Waals surface area contributed by atoms with Gasteiger partial charge < -0.3 is 25.4 Å². The molecule has 0 fully saturated rings. The average molecular weight is 448 g/mol. The third-order valence-corrected chi connectivity index (χ3v) is 5.30. The molecule has 8 heteroatoms. The molecule has 0 saturated heterocycles. The van der Waals surface area contributed by atoms with E-state index in [2.05, 4.69) is 16.0 Å². The lowest BCUT2D eigenvalue weighted by molar-refractivity contribution is -0.131. The van der Waals surface area contributed by atoms with E-state index < -0.39 is 29.7 Å². The van der Waals surface area contributed by atoms with Crippen LogP contribution in [0.3, 0.4) is 0 Å². The van der Waals surface area contributed by atoms with Gasteiger partial charge in [0.05, 0.1) is 6.61 Å². The van der Waals surface area contributed by atoms with Crippen LogP contribution in [0.1, 0.15) is 59.4 Å². The summed E-state index contributed by atoms with van der Waals surface area (Å²) in [6.45, 7) is 10.2. The van der Waals surface area contributed by atoms with Crippen LogP contribution in [0.5, 0.6) is 5.75 Å². The third-order valence-electron chi connectivity index (χ3n) is 5.30. The van der Waals surface area contributed by atoms with Gasteiger partial charge in [0.15, 0.2) is 0 Å². The Hall–Kier alpha value is -2.77. The van der Waals surface area contributed by atoms with Gasteiger partial charge in [0.25, 0.3) is 0 Å². The van der Waals surface area contributed by atoms with Crippen LogP contribution < -0.4 is 20.7 Å². The molecule has 0 aliphatic carbocycles. The van der Waals surface area contributed by atoms with Gasteiger partial charge in [-0.2, -0.15) is 0 Å². The highest BCUT2D eigenvalue weighted by molar-refractivity contribution is 5.91. The van der Waals surface area contributed by atoms with E-state index in [9.17, 15) is 14.4 Å². The van der Waals surface area contributed by atoms with Gasteiger partial charge in [-0.05, 0) is 57.2 Å². The van der Waals surface area contributed by atoms with Crippen LogP contribution in [0.2, 0.25) is 0 Å². The first-order valence-electron chi connectivity index (χ1n) is 11.4. The third kappa shape index (κ3) is 8.40. The van der Waals surface area contributed by atoms with Crippen molar-refractivity contribution >= 4 is 17.9 Å². The Morgan fingerprint density at radius 2 is 1.88 bits per heavy atom. The second-order valence-corrected chi connectivity index (χ2v) is 9.27. The van der Waals surface area contributed by atoms with E-state index in [0.29, 0.717) is 13.2 Å². The molecule has 32 heavy (non-hydrogen) atoms. The molecule has 0 saturated carbocycles. The zero-order chi connectivity index (χ0) is 23.7. The molecule has 178 valence electrons. The predicted molar refractivity (Wildman–Crippen MR) is 122 cm³/mol. The molecular formula is C24H37N3O5. The van der Waals surface area contributed by atoms with E-state index in [1.165, 1.54) is 0 Å². The average Bonchev–Trinajstić information content (AvgIpc) is 2.72. The van der Waals surface area contributed by atoms with Crippen LogP contribution in [-0.2, 0) is 20.7 Å². The van der Waals surface area contributed by atoms with Crippen LogP contribution >= 0.6 is 0 Å².